The lowest BCUT2D eigenvalue weighted by Gasteiger charge is -2.49. The van der Waals surface area contributed by atoms with Gasteiger partial charge < -0.3 is 15.2 Å². The van der Waals surface area contributed by atoms with Crippen LogP contribution < -0.4 is 5.32 Å². The lowest BCUT2D eigenvalue weighted by atomic mass is 9.79. The molecule has 1 spiro atoms. The first-order valence-corrected chi connectivity index (χ1v) is 6.90. The molecule has 0 atom stereocenters. The first-order valence-electron chi connectivity index (χ1n) is 6.90. The number of hydrogen-bond acceptors (Lipinski definition) is 4. The number of carboxylic acid groups (broad SMARTS) is 1. The zero-order chi connectivity index (χ0) is 12.6. The molecule has 0 bridgehead atoms. The third kappa shape index (κ3) is 2.04. The van der Waals surface area contributed by atoms with Crippen molar-refractivity contribution in [2.45, 2.75) is 31.2 Å². The molecule has 0 radical (unpaired) electrons. The van der Waals surface area contributed by atoms with Crippen LogP contribution in [0, 0.1) is 5.41 Å². The Balaban J connectivity index is 1.68. The van der Waals surface area contributed by atoms with Gasteiger partial charge >= 0.3 is 5.97 Å². The summed E-state index contributed by atoms with van der Waals surface area (Å²) < 4.78 is 5.46. The number of likely N-dealkylation sites (tertiary alicyclic amines) is 1. The summed E-state index contributed by atoms with van der Waals surface area (Å²) in [4.78, 5) is 13.5. The molecule has 3 heterocycles. The average molecular weight is 254 g/mol. The van der Waals surface area contributed by atoms with Crippen molar-refractivity contribution in [1.82, 2.24) is 10.2 Å². The molecule has 3 aliphatic heterocycles. The van der Waals surface area contributed by atoms with Crippen molar-refractivity contribution in [2.24, 2.45) is 5.41 Å². The monoisotopic (exact) mass is 254 g/mol. The average Bonchev–Trinajstić information content (AvgIpc) is 2.69. The number of carboxylic acids is 1. The molecule has 3 aliphatic rings. The fraction of sp³-hybridized carbons (Fsp3) is 0.923. The second-order valence-electron chi connectivity index (χ2n) is 6.18. The van der Waals surface area contributed by atoms with Crippen molar-refractivity contribution < 1.29 is 14.6 Å². The van der Waals surface area contributed by atoms with Crippen molar-refractivity contribution >= 4 is 5.97 Å². The van der Waals surface area contributed by atoms with E-state index >= 15 is 0 Å². The van der Waals surface area contributed by atoms with E-state index in [1.54, 1.807) is 0 Å². The second kappa shape index (κ2) is 4.47. The Morgan fingerprint density at radius 1 is 1.28 bits per heavy atom. The summed E-state index contributed by atoms with van der Waals surface area (Å²) in [7, 11) is 0. The van der Waals surface area contributed by atoms with Gasteiger partial charge in [-0.05, 0) is 31.2 Å². The first-order chi connectivity index (χ1) is 8.64. The van der Waals surface area contributed by atoms with E-state index in [0.29, 0.717) is 5.41 Å². The number of aliphatic carboxylic acids is 1. The molecular formula is C13H22N2O3. The van der Waals surface area contributed by atoms with Gasteiger partial charge in [-0.3, -0.25) is 9.69 Å². The number of ether oxygens (including phenoxy) is 1. The molecule has 2 N–H and O–H groups in total. The fourth-order valence-electron chi connectivity index (χ4n) is 3.71. The predicted octanol–water partition coefficient (Wildman–Crippen LogP) is 0.306. The van der Waals surface area contributed by atoms with Crippen molar-refractivity contribution in [3.63, 3.8) is 0 Å². The summed E-state index contributed by atoms with van der Waals surface area (Å²) in [5, 5.41) is 12.3. The molecule has 0 aromatic rings. The maximum atomic E-state index is 11.1. The summed E-state index contributed by atoms with van der Waals surface area (Å²) in [6, 6.07) is 0. The fourth-order valence-corrected chi connectivity index (χ4v) is 3.71. The number of nitrogens with one attached hydrogen (secondary N) is 1. The van der Waals surface area contributed by atoms with Gasteiger partial charge in [0.1, 0.15) is 0 Å². The molecule has 0 aromatic carbocycles. The van der Waals surface area contributed by atoms with Crippen LogP contribution in [0.25, 0.3) is 0 Å². The van der Waals surface area contributed by atoms with E-state index in [9.17, 15) is 4.79 Å². The van der Waals surface area contributed by atoms with Crippen LogP contribution in [0.1, 0.15) is 25.7 Å². The summed E-state index contributed by atoms with van der Waals surface area (Å²) in [6.45, 7) is 5.51. The van der Waals surface area contributed by atoms with Crippen molar-refractivity contribution in [2.75, 3.05) is 39.4 Å². The zero-order valence-corrected chi connectivity index (χ0v) is 10.8. The largest absolute Gasteiger partial charge is 0.481 e. The Bertz CT molecular complexity index is 335. The number of hydrogen-bond donors (Lipinski definition) is 2. The minimum atomic E-state index is -0.676. The first kappa shape index (κ1) is 12.4. The highest BCUT2D eigenvalue weighted by Crippen LogP contribution is 2.43. The maximum Gasteiger partial charge on any atom is 0.305 e. The van der Waals surface area contributed by atoms with E-state index < -0.39 is 5.97 Å². The van der Waals surface area contributed by atoms with E-state index in [0.717, 1.165) is 52.2 Å². The van der Waals surface area contributed by atoms with Gasteiger partial charge in [0, 0.05) is 32.8 Å². The van der Waals surface area contributed by atoms with Gasteiger partial charge in [0.25, 0.3) is 0 Å². The highest BCUT2D eigenvalue weighted by molar-refractivity contribution is 5.69. The molecule has 3 fully saturated rings. The normalized spacial score (nSPS) is 30.2. The number of rotatable bonds is 3. The molecule has 0 aliphatic carbocycles. The molecular weight excluding hydrogens is 232 g/mol. The lowest BCUT2D eigenvalue weighted by Crippen LogP contribution is -2.69. The van der Waals surface area contributed by atoms with Crippen molar-refractivity contribution in [3.05, 3.63) is 0 Å². The maximum absolute atomic E-state index is 11.1. The molecule has 5 nitrogen and oxygen atoms in total. The predicted molar refractivity (Wildman–Crippen MR) is 66.5 cm³/mol. The standard InChI is InChI=1S/C13H22N2O3/c16-11(17)7-13(8-14-9-13)15-4-1-12(10-15)2-5-18-6-3-12/h14H,1-10H2,(H,16,17). The minimum absolute atomic E-state index is 0.117. The highest BCUT2D eigenvalue weighted by Gasteiger charge is 2.50. The number of carbonyl (C=O) groups is 1. The van der Waals surface area contributed by atoms with Gasteiger partial charge in [-0.1, -0.05) is 0 Å². The molecule has 3 rings (SSSR count). The zero-order valence-electron chi connectivity index (χ0n) is 10.8. The van der Waals surface area contributed by atoms with Crippen LogP contribution in [0.2, 0.25) is 0 Å². The Morgan fingerprint density at radius 3 is 2.56 bits per heavy atom. The third-order valence-corrected chi connectivity index (χ3v) is 5.05. The Labute approximate surface area is 107 Å². The molecule has 0 aromatic heterocycles. The molecule has 0 amide bonds. The van der Waals surface area contributed by atoms with Crippen LogP contribution in [0.5, 0.6) is 0 Å². The quantitative estimate of drug-likeness (QED) is 0.759. The van der Waals surface area contributed by atoms with Gasteiger partial charge in [0.05, 0.1) is 12.0 Å². The van der Waals surface area contributed by atoms with Gasteiger partial charge in [-0.2, -0.15) is 0 Å². The molecule has 102 valence electrons. The molecule has 0 saturated carbocycles. The molecule has 0 unspecified atom stereocenters. The van der Waals surface area contributed by atoms with E-state index in [-0.39, 0.29) is 12.0 Å². The van der Waals surface area contributed by atoms with Crippen LogP contribution in [0.3, 0.4) is 0 Å². The Kier molecular flexibility index (Phi) is 3.08. The highest BCUT2D eigenvalue weighted by atomic mass is 16.5. The minimum Gasteiger partial charge on any atom is -0.481 e. The summed E-state index contributed by atoms with van der Waals surface area (Å²) in [5.74, 6) is -0.676. The third-order valence-electron chi connectivity index (χ3n) is 5.05. The Hall–Kier alpha value is -0.650. The summed E-state index contributed by atoms with van der Waals surface area (Å²) in [6.07, 6.45) is 3.75. The van der Waals surface area contributed by atoms with Gasteiger partial charge in [-0.25, -0.2) is 0 Å². The second-order valence-corrected chi connectivity index (χ2v) is 6.18. The van der Waals surface area contributed by atoms with Crippen LogP contribution in [-0.4, -0.2) is 60.9 Å². The van der Waals surface area contributed by atoms with E-state index in [1.165, 1.54) is 6.42 Å². The molecule has 18 heavy (non-hydrogen) atoms. The van der Waals surface area contributed by atoms with Crippen molar-refractivity contribution in [3.8, 4) is 0 Å². The van der Waals surface area contributed by atoms with E-state index in [2.05, 4.69) is 10.2 Å². The topological polar surface area (TPSA) is 61.8 Å². The smallest absolute Gasteiger partial charge is 0.305 e. The summed E-state index contributed by atoms with van der Waals surface area (Å²) in [5.41, 5.74) is 0.285. The van der Waals surface area contributed by atoms with Crippen LogP contribution in [-0.2, 0) is 9.53 Å². The molecule has 5 heteroatoms. The van der Waals surface area contributed by atoms with Crippen LogP contribution >= 0.6 is 0 Å². The van der Waals surface area contributed by atoms with Gasteiger partial charge in [-0.15, -0.1) is 0 Å². The Morgan fingerprint density at radius 2 is 2.00 bits per heavy atom. The molecule has 3 saturated heterocycles. The van der Waals surface area contributed by atoms with E-state index in [4.69, 9.17) is 9.84 Å². The van der Waals surface area contributed by atoms with Crippen LogP contribution in [0.4, 0.5) is 0 Å². The van der Waals surface area contributed by atoms with E-state index in [1.807, 2.05) is 0 Å². The summed E-state index contributed by atoms with van der Waals surface area (Å²) >= 11 is 0. The van der Waals surface area contributed by atoms with Crippen molar-refractivity contribution in [1.29, 1.82) is 0 Å². The SMILES string of the molecule is O=C(O)CC1(N2CCC3(CCOCC3)C2)CNC1. The van der Waals surface area contributed by atoms with Crippen LogP contribution in [0.15, 0.2) is 0 Å². The lowest BCUT2D eigenvalue weighted by molar-refractivity contribution is -0.141. The van der Waals surface area contributed by atoms with Gasteiger partial charge in [0.2, 0.25) is 0 Å². The van der Waals surface area contributed by atoms with Gasteiger partial charge in [0.15, 0.2) is 0 Å². The number of nitrogens with zero attached hydrogens (tertiary/aromatic N) is 1.